The SMILES string of the molecule is CC(C)(C)CC(=O)CCCCc1nn2ccccc2c1C1CCC1. The van der Waals surface area contributed by atoms with Crippen LogP contribution in [0.2, 0.25) is 0 Å². The van der Waals surface area contributed by atoms with Gasteiger partial charge in [0.05, 0.1) is 11.2 Å². The zero-order valence-corrected chi connectivity index (χ0v) is 15.3. The van der Waals surface area contributed by atoms with Gasteiger partial charge >= 0.3 is 0 Å². The number of Topliss-reactive ketones (excluding diaryl/α,β-unsaturated/α-hetero) is 1. The summed E-state index contributed by atoms with van der Waals surface area (Å²) < 4.78 is 2.04. The first kappa shape index (κ1) is 17.2. The molecule has 24 heavy (non-hydrogen) atoms. The van der Waals surface area contributed by atoms with E-state index in [1.165, 1.54) is 36.0 Å². The predicted octanol–water partition coefficient (Wildman–Crippen LogP) is 5.32. The number of unbranched alkanes of at least 4 members (excludes halogenated alkanes) is 1. The Balaban J connectivity index is 1.60. The number of pyridine rings is 1. The van der Waals surface area contributed by atoms with Gasteiger partial charge in [0.15, 0.2) is 0 Å². The Hall–Kier alpha value is -1.64. The molecule has 0 aromatic carbocycles. The van der Waals surface area contributed by atoms with Crippen molar-refractivity contribution in [2.75, 3.05) is 0 Å². The summed E-state index contributed by atoms with van der Waals surface area (Å²) in [5, 5.41) is 4.82. The molecule has 0 unspecified atom stereocenters. The molecule has 2 aromatic rings. The molecule has 0 radical (unpaired) electrons. The van der Waals surface area contributed by atoms with E-state index in [4.69, 9.17) is 5.10 Å². The molecule has 1 aliphatic carbocycles. The van der Waals surface area contributed by atoms with Crippen LogP contribution in [0.1, 0.15) is 82.9 Å². The zero-order valence-electron chi connectivity index (χ0n) is 15.3. The van der Waals surface area contributed by atoms with Gasteiger partial charge in [-0.3, -0.25) is 4.79 Å². The van der Waals surface area contributed by atoms with Crippen molar-refractivity contribution in [3.63, 3.8) is 0 Å². The monoisotopic (exact) mass is 326 g/mol. The molecule has 2 aromatic heterocycles. The second-order valence-electron chi connectivity index (χ2n) is 8.50. The first-order valence-corrected chi connectivity index (χ1v) is 9.42. The number of ketones is 1. The molecule has 1 saturated carbocycles. The lowest BCUT2D eigenvalue weighted by Gasteiger charge is -2.25. The predicted molar refractivity (Wildman–Crippen MR) is 98.4 cm³/mol. The molecular formula is C21H30N2O. The standard InChI is InChI=1S/C21H30N2O/c1-21(2,3)15-17(24)11-4-5-12-18-20(16-9-8-10-16)19-13-6-7-14-23(19)22-18/h6-7,13-14,16H,4-5,8-12,15H2,1-3H3. The molecule has 0 atom stereocenters. The molecular weight excluding hydrogens is 296 g/mol. The lowest BCUT2D eigenvalue weighted by atomic mass is 9.79. The minimum atomic E-state index is 0.107. The second kappa shape index (κ2) is 7.08. The van der Waals surface area contributed by atoms with Gasteiger partial charge in [0.25, 0.3) is 0 Å². The molecule has 3 rings (SSSR count). The van der Waals surface area contributed by atoms with E-state index >= 15 is 0 Å². The van der Waals surface area contributed by atoms with Crippen molar-refractivity contribution < 1.29 is 4.79 Å². The van der Waals surface area contributed by atoms with E-state index < -0.39 is 0 Å². The number of aryl methyl sites for hydroxylation is 1. The van der Waals surface area contributed by atoms with E-state index in [0.29, 0.717) is 24.5 Å². The Morgan fingerprint density at radius 2 is 2.04 bits per heavy atom. The summed E-state index contributed by atoms with van der Waals surface area (Å²) in [6.45, 7) is 6.39. The highest BCUT2D eigenvalue weighted by atomic mass is 16.1. The largest absolute Gasteiger partial charge is 0.300 e. The quantitative estimate of drug-likeness (QED) is 0.645. The molecule has 1 aliphatic rings. The van der Waals surface area contributed by atoms with Crippen LogP contribution < -0.4 is 0 Å². The second-order valence-corrected chi connectivity index (χ2v) is 8.50. The van der Waals surface area contributed by atoms with Gasteiger partial charge in [-0.1, -0.05) is 33.3 Å². The molecule has 0 spiro atoms. The summed E-state index contributed by atoms with van der Waals surface area (Å²) in [5.74, 6) is 1.10. The maximum absolute atomic E-state index is 12.0. The van der Waals surface area contributed by atoms with Gasteiger partial charge in [-0.05, 0) is 55.6 Å². The molecule has 0 saturated heterocycles. The minimum Gasteiger partial charge on any atom is -0.300 e. The van der Waals surface area contributed by atoms with Crippen molar-refractivity contribution in [1.29, 1.82) is 0 Å². The third kappa shape index (κ3) is 4.06. The maximum Gasteiger partial charge on any atom is 0.133 e. The fourth-order valence-electron chi connectivity index (χ4n) is 3.69. The maximum atomic E-state index is 12.0. The average Bonchev–Trinajstić information content (AvgIpc) is 2.79. The van der Waals surface area contributed by atoms with Gasteiger partial charge < -0.3 is 0 Å². The number of carbonyl (C=O) groups is 1. The number of hydrogen-bond donors (Lipinski definition) is 0. The van der Waals surface area contributed by atoms with Gasteiger partial charge in [-0.2, -0.15) is 5.10 Å². The first-order chi connectivity index (χ1) is 11.4. The van der Waals surface area contributed by atoms with Gasteiger partial charge in [-0.25, -0.2) is 4.52 Å². The number of rotatable bonds is 7. The Morgan fingerprint density at radius 3 is 2.71 bits per heavy atom. The summed E-state index contributed by atoms with van der Waals surface area (Å²) in [6, 6.07) is 6.34. The van der Waals surface area contributed by atoms with E-state index in [9.17, 15) is 4.79 Å². The van der Waals surface area contributed by atoms with E-state index in [2.05, 4.69) is 32.9 Å². The zero-order chi connectivity index (χ0) is 17.2. The lowest BCUT2D eigenvalue weighted by Crippen LogP contribution is -2.13. The third-order valence-corrected chi connectivity index (χ3v) is 5.01. The number of nitrogens with zero attached hydrogens (tertiary/aromatic N) is 2. The van der Waals surface area contributed by atoms with E-state index in [1.54, 1.807) is 0 Å². The molecule has 0 bridgehead atoms. The molecule has 0 N–H and O–H groups in total. The van der Waals surface area contributed by atoms with E-state index in [-0.39, 0.29) is 5.41 Å². The fraction of sp³-hybridized carbons (Fsp3) is 0.619. The fourth-order valence-corrected chi connectivity index (χ4v) is 3.69. The summed E-state index contributed by atoms with van der Waals surface area (Å²) in [4.78, 5) is 12.0. The van der Waals surface area contributed by atoms with Crippen molar-refractivity contribution in [2.45, 2.75) is 78.1 Å². The lowest BCUT2D eigenvalue weighted by molar-refractivity contribution is -0.120. The number of hydrogen-bond acceptors (Lipinski definition) is 2. The van der Waals surface area contributed by atoms with Crippen LogP contribution >= 0.6 is 0 Å². The minimum absolute atomic E-state index is 0.107. The highest BCUT2D eigenvalue weighted by molar-refractivity contribution is 5.78. The van der Waals surface area contributed by atoms with Crippen molar-refractivity contribution in [3.05, 3.63) is 35.7 Å². The van der Waals surface area contributed by atoms with Crippen molar-refractivity contribution in [3.8, 4) is 0 Å². The highest BCUT2D eigenvalue weighted by Gasteiger charge is 2.26. The topological polar surface area (TPSA) is 34.4 Å². The van der Waals surface area contributed by atoms with Crippen LogP contribution in [0.5, 0.6) is 0 Å². The van der Waals surface area contributed by atoms with Crippen molar-refractivity contribution in [1.82, 2.24) is 9.61 Å². The Morgan fingerprint density at radius 1 is 1.25 bits per heavy atom. The smallest absolute Gasteiger partial charge is 0.133 e. The number of carbonyl (C=O) groups excluding carboxylic acids is 1. The van der Waals surface area contributed by atoms with Crippen LogP contribution in [0.3, 0.4) is 0 Å². The van der Waals surface area contributed by atoms with Crippen molar-refractivity contribution in [2.24, 2.45) is 5.41 Å². The normalized spacial score (nSPS) is 15.6. The van der Waals surface area contributed by atoms with Crippen LogP contribution in [0, 0.1) is 5.41 Å². The molecule has 2 heterocycles. The van der Waals surface area contributed by atoms with E-state index in [1.807, 2.05) is 16.8 Å². The summed E-state index contributed by atoms with van der Waals surface area (Å²) >= 11 is 0. The summed E-state index contributed by atoms with van der Waals surface area (Å²) in [6.07, 6.45) is 10.4. The van der Waals surface area contributed by atoms with Gasteiger partial charge in [0, 0.05) is 24.6 Å². The summed E-state index contributed by atoms with van der Waals surface area (Å²) in [7, 11) is 0. The van der Waals surface area contributed by atoms with E-state index in [0.717, 1.165) is 19.3 Å². The van der Waals surface area contributed by atoms with Crippen LogP contribution in [0.4, 0.5) is 0 Å². The van der Waals surface area contributed by atoms with Crippen LogP contribution in [0.25, 0.3) is 5.52 Å². The molecule has 1 fully saturated rings. The van der Waals surface area contributed by atoms with Crippen LogP contribution in [0.15, 0.2) is 24.4 Å². The van der Waals surface area contributed by atoms with Gasteiger partial charge in [0.1, 0.15) is 5.78 Å². The van der Waals surface area contributed by atoms with Crippen LogP contribution in [-0.4, -0.2) is 15.4 Å². The molecule has 0 amide bonds. The molecule has 3 nitrogen and oxygen atoms in total. The van der Waals surface area contributed by atoms with Gasteiger partial charge in [-0.15, -0.1) is 0 Å². The number of aromatic nitrogens is 2. The Kier molecular flexibility index (Phi) is 5.07. The van der Waals surface area contributed by atoms with Crippen LogP contribution in [-0.2, 0) is 11.2 Å². The molecule has 0 aliphatic heterocycles. The molecule has 3 heteroatoms. The average molecular weight is 326 g/mol. The third-order valence-electron chi connectivity index (χ3n) is 5.01. The molecule has 130 valence electrons. The van der Waals surface area contributed by atoms with Gasteiger partial charge in [0.2, 0.25) is 0 Å². The van der Waals surface area contributed by atoms with Crippen molar-refractivity contribution >= 4 is 11.3 Å². The summed E-state index contributed by atoms with van der Waals surface area (Å²) in [5.41, 5.74) is 4.12. The Labute approximate surface area is 145 Å². The highest BCUT2D eigenvalue weighted by Crippen LogP contribution is 2.40. The Bertz CT molecular complexity index is 704. The number of fused-ring (bicyclic) bond motifs is 1. The first-order valence-electron chi connectivity index (χ1n) is 9.42.